The third-order valence-corrected chi connectivity index (χ3v) is 4.96. The fourth-order valence-corrected chi connectivity index (χ4v) is 3.60. The van der Waals surface area contributed by atoms with E-state index in [1.165, 1.54) is 0 Å². The van der Waals surface area contributed by atoms with E-state index < -0.39 is 48.9 Å². The molecule has 25 heavy (non-hydrogen) atoms. The molecule has 0 bridgehead atoms. The Morgan fingerprint density at radius 1 is 1.12 bits per heavy atom. The zero-order chi connectivity index (χ0) is 18.8. The zero-order valence-corrected chi connectivity index (χ0v) is 14.1. The molecule has 0 aromatic heterocycles. The third-order valence-electron chi connectivity index (χ3n) is 4.96. The number of likely N-dealkylation sites (tertiary alicyclic amines) is 2. The van der Waals surface area contributed by atoms with Gasteiger partial charge in [-0.05, 0) is 19.3 Å². The van der Waals surface area contributed by atoms with Crippen LogP contribution in [0.5, 0.6) is 0 Å². The summed E-state index contributed by atoms with van der Waals surface area (Å²) in [5, 5.41) is 9.04. The predicted molar refractivity (Wildman–Crippen MR) is 81.5 cm³/mol. The van der Waals surface area contributed by atoms with Gasteiger partial charge in [0.05, 0.1) is 17.8 Å². The smallest absolute Gasteiger partial charge is 0.394 e. The van der Waals surface area contributed by atoms with E-state index in [1.807, 2.05) is 6.92 Å². The fraction of sp³-hybridized carbons (Fsp3) is 0.812. The van der Waals surface area contributed by atoms with Crippen molar-refractivity contribution >= 4 is 17.8 Å². The first-order chi connectivity index (χ1) is 11.6. The molecule has 0 aromatic rings. The number of aliphatic carboxylic acids is 1. The van der Waals surface area contributed by atoms with E-state index in [0.717, 1.165) is 4.90 Å². The van der Waals surface area contributed by atoms with Gasteiger partial charge < -0.3 is 14.9 Å². The Balaban J connectivity index is 2.05. The van der Waals surface area contributed by atoms with E-state index >= 15 is 0 Å². The Hall–Kier alpha value is -1.80. The number of carboxylic acid groups (broad SMARTS) is 1. The molecule has 2 rings (SSSR count). The largest absolute Gasteiger partial charge is 0.481 e. The van der Waals surface area contributed by atoms with Gasteiger partial charge in [0.1, 0.15) is 0 Å². The molecular weight excluding hydrogens is 341 g/mol. The minimum atomic E-state index is -4.66. The summed E-state index contributed by atoms with van der Waals surface area (Å²) < 4.78 is 39.1. The van der Waals surface area contributed by atoms with Gasteiger partial charge in [-0.15, -0.1) is 0 Å². The van der Waals surface area contributed by atoms with E-state index in [0.29, 0.717) is 32.2 Å². The summed E-state index contributed by atoms with van der Waals surface area (Å²) in [4.78, 5) is 38.3. The highest BCUT2D eigenvalue weighted by Crippen LogP contribution is 2.38. The topological polar surface area (TPSA) is 77.9 Å². The molecule has 3 atom stereocenters. The van der Waals surface area contributed by atoms with E-state index in [2.05, 4.69) is 0 Å². The number of carboxylic acids is 1. The van der Waals surface area contributed by atoms with Crippen LogP contribution in [-0.4, -0.2) is 65.0 Å². The third kappa shape index (κ3) is 4.43. The molecule has 0 aromatic carbocycles. The lowest BCUT2D eigenvalue weighted by atomic mass is 9.96. The summed E-state index contributed by atoms with van der Waals surface area (Å²) in [5.41, 5.74) is 0. The Morgan fingerprint density at radius 3 is 2.32 bits per heavy atom. The predicted octanol–water partition coefficient (Wildman–Crippen LogP) is 1.75. The van der Waals surface area contributed by atoms with E-state index in [4.69, 9.17) is 5.11 Å². The van der Waals surface area contributed by atoms with Gasteiger partial charge in [-0.3, -0.25) is 14.4 Å². The van der Waals surface area contributed by atoms with Crippen LogP contribution in [0, 0.1) is 17.8 Å². The second-order valence-electron chi connectivity index (χ2n) is 6.76. The molecule has 2 fully saturated rings. The number of amides is 2. The minimum Gasteiger partial charge on any atom is -0.481 e. The van der Waals surface area contributed by atoms with Gasteiger partial charge in [0, 0.05) is 32.6 Å². The van der Waals surface area contributed by atoms with Crippen LogP contribution in [0.4, 0.5) is 13.2 Å². The first kappa shape index (κ1) is 19.5. The maximum Gasteiger partial charge on any atom is 0.394 e. The van der Waals surface area contributed by atoms with Crippen molar-refractivity contribution in [1.82, 2.24) is 9.80 Å². The second kappa shape index (κ2) is 7.61. The molecule has 1 unspecified atom stereocenters. The van der Waals surface area contributed by atoms with Crippen LogP contribution < -0.4 is 0 Å². The van der Waals surface area contributed by atoms with E-state index in [9.17, 15) is 27.6 Å². The van der Waals surface area contributed by atoms with Crippen molar-refractivity contribution in [3.63, 3.8) is 0 Å². The number of piperidine rings is 1. The Labute approximate surface area is 143 Å². The summed E-state index contributed by atoms with van der Waals surface area (Å²) in [5.74, 6) is -6.32. The molecule has 2 heterocycles. The maximum absolute atomic E-state index is 13.0. The Kier molecular flexibility index (Phi) is 5.95. The van der Waals surface area contributed by atoms with Crippen molar-refractivity contribution in [2.45, 2.75) is 38.8 Å². The van der Waals surface area contributed by atoms with Gasteiger partial charge in [0.2, 0.25) is 11.8 Å². The lowest BCUT2D eigenvalue weighted by molar-refractivity contribution is -0.188. The van der Waals surface area contributed by atoms with Gasteiger partial charge in [-0.2, -0.15) is 13.2 Å². The van der Waals surface area contributed by atoms with Gasteiger partial charge in [-0.25, -0.2) is 0 Å². The molecule has 0 spiro atoms. The SMILES string of the molecule is CCCC(=O)N1CCCC(C(=O)N2C[C@@H](C(F)(F)F)[C@H](C(=O)O)C2)C1. The molecule has 142 valence electrons. The van der Waals surface area contributed by atoms with E-state index in [1.54, 1.807) is 4.90 Å². The highest BCUT2D eigenvalue weighted by Gasteiger charge is 2.54. The molecule has 2 aliphatic heterocycles. The van der Waals surface area contributed by atoms with Gasteiger partial charge in [-0.1, -0.05) is 6.92 Å². The van der Waals surface area contributed by atoms with Gasteiger partial charge in [0.15, 0.2) is 0 Å². The van der Waals surface area contributed by atoms with Crippen LogP contribution in [0.25, 0.3) is 0 Å². The molecule has 2 amide bonds. The number of hydrogen-bond donors (Lipinski definition) is 1. The summed E-state index contributed by atoms with van der Waals surface area (Å²) in [6, 6.07) is 0. The number of carbonyl (C=O) groups is 3. The summed E-state index contributed by atoms with van der Waals surface area (Å²) in [7, 11) is 0. The summed E-state index contributed by atoms with van der Waals surface area (Å²) >= 11 is 0. The number of hydrogen-bond acceptors (Lipinski definition) is 3. The lowest BCUT2D eigenvalue weighted by Crippen LogP contribution is -2.46. The first-order valence-corrected chi connectivity index (χ1v) is 8.51. The Morgan fingerprint density at radius 2 is 1.80 bits per heavy atom. The van der Waals surface area contributed by atoms with Crippen LogP contribution in [0.2, 0.25) is 0 Å². The normalized spacial score (nSPS) is 27.4. The van der Waals surface area contributed by atoms with Crippen molar-refractivity contribution in [1.29, 1.82) is 0 Å². The average molecular weight is 364 g/mol. The quantitative estimate of drug-likeness (QED) is 0.824. The molecule has 1 N–H and O–H groups in total. The average Bonchev–Trinajstić information content (AvgIpc) is 3.00. The van der Waals surface area contributed by atoms with Crippen molar-refractivity contribution in [3.8, 4) is 0 Å². The van der Waals surface area contributed by atoms with Gasteiger partial charge >= 0.3 is 12.1 Å². The number of rotatable bonds is 4. The van der Waals surface area contributed by atoms with Crippen molar-refractivity contribution in [2.75, 3.05) is 26.2 Å². The first-order valence-electron chi connectivity index (χ1n) is 8.51. The Bertz CT molecular complexity index is 538. The van der Waals surface area contributed by atoms with Gasteiger partial charge in [0.25, 0.3) is 0 Å². The monoisotopic (exact) mass is 364 g/mol. The fourth-order valence-electron chi connectivity index (χ4n) is 3.60. The number of alkyl halides is 3. The number of halogens is 3. The number of nitrogens with zero attached hydrogens (tertiary/aromatic N) is 2. The zero-order valence-electron chi connectivity index (χ0n) is 14.1. The minimum absolute atomic E-state index is 0.0574. The molecule has 0 radical (unpaired) electrons. The van der Waals surface area contributed by atoms with Crippen LogP contribution >= 0.6 is 0 Å². The van der Waals surface area contributed by atoms with E-state index in [-0.39, 0.29) is 12.5 Å². The summed E-state index contributed by atoms with van der Waals surface area (Å²) in [6.45, 7) is 1.56. The highest BCUT2D eigenvalue weighted by atomic mass is 19.4. The molecule has 0 aliphatic carbocycles. The molecular formula is C16H23F3N2O4. The standard InChI is InChI=1S/C16H23F3N2O4/c1-2-4-13(22)20-6-3-5-10(7-20)14(23)21-8-11(15(24)25)12(9-21)16(17,18)19/h10-12H,2-9H2,1H3,(H,24,25)/t10?,11-,12-/m1/s1. The van der Waals surface area contributed by atoms with Crippen molar-refractivity contribution in [3.05, 3.63) is 0 Å². The van der Waals surface area contributed by atoms with Crippen LogP contribution in [0.3, 0.4) is 0 Å². The maximum atomic E-state index is 13.0. The van der Waals surface area contributed by atoms with Crippen molar-refractivity contribution < 1.29 is 32.7 Å². The second-order valence-corrected chi connectivity index (χ2v) is 6.76. The lowest BCUT2D eigenvalue weighted by Gasteiger charge is -2.34. The molecule has 0 saturated carbocycles. The van der Waals surface area contributed by atoms with Crippen LogP contribution in [0.1, 0.15) is 32.6 Å². The highest BCUT2D eigenvalue weighted by molar-refractivity contribution is 5.83. The number of carbonyl (C=O) groups excluding carboxylic acids is 2. The van der Waals surface area contributed by atoms with Crippen LogP contribution in [0.15, 0.2) is 0 Å². The van der Waals surface area contributed by atoms with Crippen molar-refractivity contribution in [2.24, 2.45) is 17.8 Å². The van der Waals surface area contributed by atoms with Crippen LogP contribution in [-0.2, 0) is 14.4 Å². The molecule has 2 saturated heterocycles. The summed E-state index contributed by atoms with van der Waals surface area (Å²) in [6.07, 6.45) is -2.48. The molecule has 2 aliphatic rings. The molecule has 9 heteroatoms. The molecule has 6 nitrogen and oxygen atoms in total.